The third-order valence-corrected chi connectivity index (χ3v) is 4.19. The molecule has 1 aromatic rings. The molecule has 0 unspecified atom stereocenters. The van der Waals surface area contributed by atoms with Crippen molar-refractivity contribution >= 4 is 5.97 Å². The summed E-state index contributed by atoms with van der Waals surface area (Å²) in [5.41, 5.74) is -0.303. The van der Waals surface area contributed by atoms with Gasteiger partial charge in [-0.15, -0.1) is 0 Å². The maximum absolute atomic E-state index is 12.2. The Bertz CT molecular complexity index is 637. The predicted molar refractivity (Wildman–Crippen MR) is 80.7 cm³/mol. The molecule has 6 nitrogen and oxygen atoms in total. The normalized spacial score (nSPS) is 17.3. The molecule has 24 heavy (non-hydrogen) atoms. The Kier molecular flexibility index (Phi) is 5.57. The van der Waals surface area contributed by atoms with Crippen molar-refractivity contribution in [2.75, 3.05) is 26.7 Å². The summed E-state index contributed by atoms with van der Waals surface area (Å²) in [5.74, 6) is -1.08. The van der Waals surface area contributed by atoms with E-state index in [1.165, 1.54) is 25.3 Å². The van der Waals surface area contributed by atoms with Crippen LogP contribution in [0.5, 0.6) is 11.5 Å². The number of phenols is 1. The molecule has 1 saturated heterocycles. The lowest BCUT2D eigenvalue weighted by molar-refractivity contribution is -0.142. The van der Waals surface area contributed by atoms with Gasteiger partial charge in [0, 0.05) is 31.5 Å². The number of halogens is 2. The van der Waals surface area contributed by atoms with Gasteiger partial charge in [-0.1, -0.05) is 0 Å². The minimum Gasteiger partial charge on any atom is -0.504 e. The van der Waals surface area contributed by atoms with Gasteiger partial charge in [0.25, 0.3) is 5.54 Å². The Labute approximate surface area is 138 Å². The summed E-state index contributed by atoms with van der Waals surface area (Å²) in [4.78, 5) is 16.9. The van der Waals surface area contributed by atoms with Crippen LogP contribution in [0.4, 0.5) is 8.78 Å². The van der Waals surface area contributed by atoms with Crippen LogP contribution in [0.3, 0.4) is 0 Å². The molecule has 0 spiro atoms. The largest absolute Gasteiger partial charge is 0.504 e. The van der Waals surface area contributed by atoms with E-state index in [0.29, 0.717) is 31.5 Å². The lowest BCUT2D eigenvalue weighted by Gasteiger charge is -2.33. The lowest BCUT2D eigenvalue weighted by Crippen LogP contribution is -2.43. The SMILES string of the molecule is [C-]#[N+]C1(c2ccc(OC(F)F)c(O)c2)CCN(CC(=O)OC)CC1. The second-order valence-electron chi connectivity index (χ2n) is 5.56. The first-order valence-corrected chi connectivity index (χ1v) is 7.36. The van der Waals surface area contributed by atoms with Crippen LogP contribution in [0.15, 0.2) is 18.2 Å². The third-order valence-electron chi connectivity index (χ3n) is 4.19. The number of piperidine rings is 1. The van der Waals surface area contributed by atoms with Crippen LogP contribution in [0.2, 0.25) is 0 Å². The van der Waals surface area contributed by atoms with Gasteiger partial charge in [-0.3, -0.25) is 9.69 Å². The minimum absolute atomic E-state index is 0.164. The van der Waals surface area contributed by atoms with E-state index < -0.39 is 17.9 Å². The van der Waals surface area contributed by atoms with E-state index in [-0.39, 0.29) is 18.3 Å². The molecule has 0 saturated carbocycles. The zero-order chi connectivity index (χ0) is 17.7. The molecular weight excluding hydrogens is 322 g/mol. The highest BCUT2D eigenvalue weighted by atomic mass is 19.3. The lowest BCUT2D eigenvalue weighted by atomic mass is 9.81. The van der Waals surface area contributed by atoms with Crippen LogP contribution in [-0.2, 0) is 15.1 Å². The molecule has 0 atom stereocenters. The number of carbonyl (C=O) groups is 1. The van der Waals surface area contributed by atoms with Gasteiger partial charge in [0.05, 0.1) is 13.7 Å². The topological polar surface area (TPSA) is 63.4 Å². The molecule has 1 aromatic carbocycles. The van der Waals surface area contributed by atoms with E-state index >= 15 is 0 Å². The highest BCUT2D eigenvalue weighted by Gasteiger charge is 2.43. The van der Waals surface area contributed by atoms with Crippen LogP contribution in [0, 0.1) is 6.57 Å². The molecule has 1 aliphatic heterocycles. The Morgan fingerprint density at radius 3 is 2.62 bits per heavy atom. The molecule has 1 aliphatic rings. The van der Waals surface area contributed by atoms with Crippen molar-refractivity contribution in [1.29, 1.82) is 0 Å². The number of aromatic hydroxyl groups is 1. The molecule has 0 bridgehead atoms. The number of rotatable bonds is 5. The van der Waals surface area contributed by atoms with E-state index in [0.717, 1.165) is 0 Å². The smallest absolute Gasteiger partial charge is 0.387 e. The third kappa shape index (κ3) is 3.92. The van der Waals surface area contributed by atoms with Crippen molar-refractivity contribution < 1.29 is 28.2 Å². The van der Waals surface area contributed by atoms with Crippen LogP contribution in [0.25, 0.3) is 4.85 Å². The van der Waals surface area contributed by atoms with Crippen molar-refractivity contribution in [3.05, 3.63) is 35.2 Å². The van der Waals surface area contributed by atoms with E-state index in [1.807, 2.05) is 4.90 Å². The molecule has 1 heterocycles. The fourth-order valence-corrected chi connectivity index (χ4v) is 2.80. The highest BCUT2D eigenvalue weighted by Crippen LogP contribution is 2.40. The molecule has 0 aliphatic carbocycles. The Hall–Kier alpha value is -2.40. The number of likely N-dealkylation sites (tertiary alicyclic amines) is 1. The number of ether oxygens (including phenoxy) is 2. The molecule has 130 valence electrons. The van der Waals surface area contributed by atoms with Crippen molar-refractivity contribution in [3.63, 3.8) is 0 Å². The van der Waals surface area contributed by atoms with Gasteiger partial charge in [-0.25, -0.2) is 6.57 Å². The van der Waals surface area contributed by atoms with Gasteiger partial charge in [0.15, 0.2) is 11.5 Å². The van der Waals surface area contributed by atoms with Crippen LogP contribution in [0.1, 0.15) is 18.4 Å². The zero-order valence-corrected chi connectivity index (χ0v) is 13.2. The van der Waals surface area contributed by atoms with Crippen molar-refractivity contribution in [2.45, 2.75) is 25.0 Å². The number of phenolic OH excluding ortho intramolecular Hbond substituents is 1. The first-order chi connectivity index (χ1) is 11.4. The Balaban J connectivity index is 2.13. The van der Waals surface area contributed by atoms with Gasteiger partial charge in [0.1, 0.15) is 0 Å². The standard InChI is InChI=1S/C16H18F2N2O4/c1-19-16(5-7-20(8-6-16)10-14(22)23-2)11-3-4-13(12(21)9-11)24-15(17)18/h3-4,9,15,21H,5-8,10H2,2H3. The maximum atomic E-state index is 12.2. The summed E-state index contributed by atoms with van der Waals surface area (Å²) in [6, 6.07) is 4.06. The molecular formula is C16H18F2N2O4. The van der Waals surface area contributed by atoms with Gasteiger partial charge < -0.3 is 19.4 Å². The van der Waals surface area contributed by atoms with Gasteiger partial charge in [-0.2, -0.15) is 8.78 Å². The number of esters is 1. The van der Waals surface area contributed by atoms with Crippen LogP contribution >= 0.6 is 0 Å². The molecule has 2 rings (SSSR count). The number of hydrogen-bond donors (Lipinski definition) is 1. The molecule has 0 amide bonds. The fraction of sp³-hybridized carbons (Fsp3) is 0.500. The Morgan fingerprint density at radius 1 is 1.46 bits per heavy atom. The molecule has 0 aromatic heterocycles. The zero-order valence-electron chi connectivity index (χ0n) is 13.2. The monoisotopic (exact) mass is 340 g/mol. The summed E-state index contributed by atoms with van der Waals surface area (Å²) in [7, 11) is 1.32. The number of alkyl halides is 2. The summed E-state index contributed by atoms with van der Waals surface area (Å²) >= 11 is 0. The molecule has 1 fully saturated rings. The van der Waals surface area contributed by atoms with Gasteiger partial charge in [-0.05, 0) is 18.2 Å². The molecule has 0 radical (unpaired) electrons. The first-order valence-electron chi connectivity index (χ1n) is 7.36. The van der Waals surface area contributed by atoms with E-state index in [2.05, 4.69) is 14.3 Å². The van der Waals surface area contributed by atoms with E-state index in [4.69, 9.17) is 6.57 Å². The first kappa shape index (κ1) is 17.9. The summed E-state index contributed by atoms with van der Waals surface area (Å²) in [6.07, 6.45) is 0.921. The average Bonchev–Trinajstić information content (AvgIpc) is 2.57. The van der Waals surface area contributed by atoms with Crippen molar-refractivity contribution in [3.8, 4) is 11.5 Å². The second-order valence-corrected chi connectivity index (χ2v) is 5.56. The molecule has 8 heteroatoms. The second kappa shape index (κ2) is 7.45. The highest BCUT2D eigenvalue weighted by molar-refractivity contribution is 5.71. The number of carbonyl (C=O) groups excluding carboxylic acids is 1. The summed E-state index contributed by atoms with van der Waals surface area (Å²) in [6.45, 7) is 5.72. The van der Waals surface area contributed by atoms with Crippen LogP contribution in [-0.4, -0.2) is 49.3 Å². The van der Waals surface area contributed by atoms with Crippen molar-refractivity contribution in [1.82, 2.24) is 4.90 Å². The van der Waals surface area contributed by atoms with E-state index in [9.17, 15) is 18.7 Å². The molecule has 1 N–H and O–H groups in total. The average molecular weight is 340 g/mol. The summed E-state index contributed by atoms with van der Waals surface area (Å²) < 4.78 is 33.3. The van der Waals surface area contributed by atoms with Gasteiger partial charge in [0.2, 0.25) is 0 Å². The number of benzene rings is 1. The number of hydrogen-bond acceptors (Lipinski definition) is 5. The van der Waals surface area contributed by atoms with Crippen molar-refractivity contribution in [2.24, 2.45) is 0 Å². The number of nitrogens with zero attached hydrogens (tertiary/aromatic N) is 2. The van der Waals surface area contributed by atoms with Gasteiger partial charge >= 0.3 is 12.6 Å². The van der Waals surface area contributed by atoms with Crippen LogP contribution < -0.4 is 4.74 Å². The number of methoxy groups -OCH3 is 1. The quantitative estimate of drug-likeness (QED) is 0.659. The fourth-order valence-electron chi connectivity index (χ4n) is 2.80. The minimum atomic E-state index is -3.03. The predicted octanol–water partition coefficient (Wildman–Crippen LogP) is 2.38. The van der Waals surface area contributed by atoms with E-state index in [1.54, 1.807) is 0 Å². The Morgan fingerprint density at radius 2 is 2.12 bits per heavy atom. The maximum Gasteiger partial charge on any atom is 0.387 e. The summed E-state index contributed by atoms with van der Waals surface area (Å²) in [5, 5.41) is 9.85.